The number of esters is 1. The predicted octanol–water partition coefficient (Wildman–Crippen LogP) is 0.595. The number of fused-ring (bicyclic) bond motifs is 2. The first-order valence-corrected chi connectivity index (χ1v) is 8.15. The molecule has 2 amide bonds. The molecule has 25 heavy (non-hydrogen) atoms. The van der Waals surface area contributed by atoms with E-state index in [1.54, 1.807) is 0 Å². The van der Waals surface area contributed by atoms with Crippen molar-refractivity contribution in [2.24, 2.45) is 18.9 Å². The van der Waals surface area contributed by atoms with Gasteiger partial charge in [0.2, 0.25) is 11.8 Å². The second kappa shape index (κ2) is 5.42. The van der Waals surface area contributed by atoms with Crippen LogP contribution < -0.4 is 5.32 Å². The van der Waals surface area contributed by atoms with Crippen LogP contribution in [0, 0.1) is 11.8 Å². The second-order valence-electron chi connectivity index (χ2n) is 6.62. The maximum absolute atomic E-state index is 12.7. The molecule has 0 unspecified atom stereocenters. The van der Waals surface area contributed by atoms with Gasteiger partial charge in [0.1, 0.15) is 6.04 Å². The molecular formula is C18H19N3O4. The second-order valence-corrected chi connectivity index (χ2v) is 6.62. The Balaban J connectivity index is 1.83. The summed E-state index contributed by atoms with van der Waals surface area (Å²) >= 11 is 0. The molecule has 7 nitrogen and oxygen atoms in total. The van der Waals surface area contributed by atoms with Crippen molar-refractivity contribution in [3.63, 3.8) is 0 Å². The molecule has 7 heteroatoms. The van der Waals surface area contributed by atoms with Crippen LogP contribution in [-0.2, 0) is 26.2 Å². The number of likely N-dealkylation sites (tertiary alicyclic amines) is 1. The van der Waals surface area contributed by atoms with Crippen LogP contribution in [0.5, 0.6) is 0 Å². The molecule has 4 atom stereocenters. The third kappa shape index (κ3) is 2.05. The Kier molecular flexibility index (Phi) is 3.43. The summed E-state index contributed by atoms with van der Waals surface area (Å²) in [7, 11) is 4.68. The first-order valence-electron chi connectivity index (χ1n) is 8.15. The van der Waals surface area contributed by atoms with Gasteiger partial charge in [-0.25, -0.2) is 0 Å². The van der Waals surface area contributed by atoms with Crippen LogP contribution in [0.15, 0.2) is 30.3 Å². The number of methoxy groups -OCH3 is 1. The maximum Gasteiger partial charge on any atom is 0.323 e. The molecule has 2 aliphatic heterocycles. The minimum absolute atomic E-state index is 0.260. The number of benzene rings is 1. The number of para-hydroxylation sites is 1. The molecule has 0 spiro atoms. The summed E-state index contributed by atoms with van der Waals surface area (Å²) < 4.78 is 6.84. The van der Waals surface area contributed by atoms with Crippen molar-refractivity contribution in [3.05, 3.63) is 36.0 Å². The number of rotatable bonds is 2. The number of imide groups is 1. The van der Waals surface area contributed by atoms with Gasteiger partial charge in [0.25, 0.3) is 0 Å². The van der Waals surface area contributed by atoms with E-state index in [1.165, 1.54) is 14.2 Å². The number of aromatic nitrogens is 1. The fraction of sp³-hybridized carbons (Fsp3) is 0.389. The zero-order valence-electron chi connectivity index (χ0n) is 14.2. The molecule has 2 saturated heterocycles. The lowest BCUT2D eigenvalue weighted by atomic mass is 9.88. The normalized spacial score (nSPS) is 28.7. The molecule has 0 saturated carbocycles. The van der Waals surface area contributed by atoms with Gasteiger partial charge in [0.15, 0.2) is 0 Å². The van der Waals surface area contributed by atoms with Crippen molar-refractivity contribution < 1.29 is 19.1 Å². The number of carbonyl (C=O) groups excluding carboxylic acids is 3. The summed E-state index contributed by atoms with van der Waals surface area (Å²) in [6.45, 7) is 0. The Hall–Kier alpha value is -2.67. The Morgan fingerprint density at radius 3 is 2.48 bits per heavy atom. The van der Waals surface area contributed by atoms with Gasteiger partial charge in [0.05, 0.1) is 25.0 Å². The van der Waals surface area contributed by atoms with Crippen LogP contribution in [0.4, 0.5) is 0 Å². The first kappa shape index (κ1) is 15.8. The smallest absolute Gasteiger partial charge is 0.323 e. The van der Waals surface area contributed by atoms with Gasteiger partial charge >= 0.3 is 5.97 Å². The quantitative estimate of drug-likeness (QED) is 0.639. The highest BCUT2D eigenvalue weighted by molar-refractivity contribution is 6.08. The van der Waals surface area contributed by atoms with Gasteiger partial charge in [0, 0.05) is 25.3 Å². The third-order valence-corrected chi connectivity index (χ3v) is 5.46. The van der Waals surface area contributed by atoms with Crippen LogP contribution in [0.1, 0.15) is 11.7 Å². The monoisotopic (exact) mass is 341 g/mol. The van der Waals surface area contributed by atoms with Crippen LogP contribution >= 0.6 is 0 Å². The highest BCUT2D eigenvalue weighted by atomic mass is 16.5. The van der Waals surface area contributed by atoms with Crippen LogP contribution in [-0.4, -0.2) is 47.4 Å². The summed E-state index contributed by atoms with van der Waals surface area (Å²) in [6.07, 6.45) is 0. The first-order chi connectivity index (χ1) is 12.0. The molecule has 1 aromatic heterocycles. The molecule has 2 fully saturated rings. The number of nitrogens with one attached hydrogen (secondary N) is 1. The summed E-state index contributed by atoms with van der Waals surface area (Å²) in [5.41, 5.74) is 1.90. The van der Waals surface area contributed by atoms with E-state index in [0.717, 1.165) is 21.5 Å². The van der Waals surface area contributed by atoms with Crippen LogP contribution in [0.3, 0.4) is 0 Å². The van der Waals surface area contributed by atoms with E-state index in [-0.39, 0.29) is 11.8 Å². The van der Waals surface area contributed by atoms with Crippen LogP contribution in [0.25, 0.3) is 10.9 Å². The molecule has 130 valence electrons. The van der Waals surface area contributed by atoms with E-state index < -0.39 is 29.9 Å². The molecular weight excluding hydrogens is 322 g/mol. The average molecular weight is 341 g/mol. The molecule has 0 aliphatic carbocycles. The van der Waals surface area contributed by atoms with Crippen LogP contribution in [0.2, 0.25) is 0 Å². The molecule has 2 aromatic rings. The number of carbonyl (C=O) groups is 3. The minimum Gasteiger partial charge on any atom is -0.468 e. The molecule has 0 bridgehead atoms. The Morgan fingerprint density at radius 2 is 1.80 bits per heavy atom. The molecule has 0 radical (unpaired) electrons. The minimum atomic E-state index is -0.820. The largest absolute Gasteiger partial charge is 0.468 e. The van der Waals surface area contributed by atoms with E-state index in [4.69, 9.17) is 4.74 Å². The summed E-state index contributed by atoms with van der Waals surface area (Å²) in [4.78, 5) is 38.5. The lowest BCUT2D eigenvalue weighted by Gasteiger charge is -2.20. The van der Waals surface area contributed by atoms with E-state index in [1.807, 2.05) is 41.9 Å². The molecule has 3 heterocycles. The van der Waals surface area contributed by atoms with Crippen molar-refractivity contribution in [1.29, 1.82) is 0 Å². The average Bonchev–Trinajstić information content (AvgIpc) is 3.23. The molecule has 1 N–H and O–H groups in total. The van der Waals surface area contributed by atoms with E-state index in [0.29, 0.717) is 0 Å². The van der Waals surface area contributed by atoms with Gasteiger partial charge in [-0.15, -0.1) is 0 Å². The number of hydrogen-bond donors (Lipinski definition) is 1. The van der Waals surface area contributed by atoms with Gasteiger partial charge in [-0.2, -0.15) is 0 Å². The number of amides is 2. The fourth-order valence-corrected chi connectivity index (χ4v) is 4.18. The van der Waals surface area contributed by atoms with Gasteiger partial charge in [-0.3, -0.25) is 24.6 Å². The lowest BCUT2D eigenvalue weighted by molar-refractivity contribution is -0.147. The van der Waals surface area contributed by atoms with Crippen molar-refractivity contribution in [3.8, 4) is 0 Å². The Bertz CT molecular complexity index is 903. The van der Waals surface area contributed by atoms with Gasteiger partial charge in [-0.1, -0.05) is 18.2 Å². The van der Waals surface area contributed by atoms with E-state index in [2.05, 4.69) is 5.32 Å². The van der Waals surface area contributed by atoms with E-state index >= 15 is 0 Å². The topological polar surface area (TPSA) is 80.6 Å². The zero-order valence-corrected chi connectivity index (χ0v) is 14.2. The Labute approximate surface area is 144 Å². The number of aryl methyl sites for hydroxylation is 1. The van der Waals surface area contributed by atoms with Gasteiger partial charge < -0.3 is 9.30 Å². The highest BCUT2D eigenvalue weighted by Gasteiger charge is 2.60. The zero-order chi connectivity index (χ0) is 17.9. The molecule has 4 rings (SSSR count). The standard InChI is InChI=1S/C18H19N3O4/c1-20-10-7-5-4-6-9(10)8-11(20)14-12-13(15(19-14)18(24)25-3)17(23)21(2)16(12)22/h4-8,12-15,19H,1-3H3/t12-,13+,14-,15-/m1/s1. The summed E-state index contributed by atoms with van der Waals surface area (Å²) in [5, 5.41) is 4.23. The van der Waals surface area contributed by atoms with Crippen molar-refractivity contribution in [2.45, 2.75) is 12.1 Å². The SMILES string of the molecule is COC(=O)[C@@H]1N[C@H](c2cc3ccccc3n2C)[C@@H]2C(=O)N(C)C(=O)[C@@H]21. The van der Waals surface area contributed by atoms with E-state index in [9.17, 15) is 14.4 Å². The third-order valence-electron chi connectivity index (χ3n) is 5.46. The molecule has 1 aromatic carbocycles. The number of ether oxygens (including phenoxy) is 1. The highest BCUT2D eigenvalue weighted by Crippen LogP contribution is 2.44. The van der Waals surface area contributed by atoms with Crippen molar-refractivity contribution >= 4 is 28.7 Å². The van der Waals surface area contributed by atoms with Crippen molar-refractivity contribution in [2.75, 3.05) is 14.2 Å². The summed E-state index contributed by atoms with van der Waals surface area (Å²) in [5.74, 6) is -2.45. The number of nitrogens with zero attached hydrogens (tertiary/aromatic N) is 2. The Morgan fingerprint density at radius 1 is 1.12 bits per heavy atom. The van der Waals surface area contributed by atoms with Gasteiger partial charge in [-0.05, 0) is 17.5 Å². The predicted molar refractivity (Wildman–Crippen MR) is 89.4 cm³/mol. The lowest BCUT2D eigenvalue weighted by Crippen LogP contribution is -2.42. The fourth-order valence-electron chi connectivity index (χ4n) is 4.18. The summed E-state index contributed by atoms with van der Waals surface area (Å²) in [6, 6.07) is 8.65. The number of hydrogen-bond acceptors (Lipinski definition) is 5. The van der Waals surface area contributed by atoms with Crippen molar-refractivity contribution in [1.82, 2.24) is 14.8 Å². The maximum atomic E-state index is 12.7. The molecule has 2 aliphatic rings.